The van der Waals surface area contributed by atoms with Gasteiger partial charge in [-0.25, -0.2) is 0 Å². The first kappa shape index (κ1) is 14.2. The second-order valence-electron chi connectivity index (χ2n) is 5.11. The molecule has 0 heterocycles. The van der Waals surface area contributed by atoms with Crippen molar-refractivity contribution in [2.45, 2.75) is 46.2 Å². The normalized spacial score (nSPS) is 13.4. The third kappa shape index (κ3) is 4.49. The fourth-order valence-corrected chi connectivity index (χ4v) is 2.11. The van der Waals surface area contributed by atoms with Gasteiger partial charge in [0.1, 0.15) is 0 Å². The molecule has 0 saturated carbocycles. The lowest BCUT2D eigenvalue weighted by Gasteiger charge is -2.29. The molecular weight excluding hydrogens is 208 g/mol. The van der Waals surface area contributed by atoms with Crippen LogP contribution in [0.5, 0.6) is 0 Å². The summed E-state index contributed by atoms with van der Waals surface area (Å²) in [6.45, 7) is 10.9. The molecule has 0 spiro atoms. The molecule has 1 aromatic carbocycles. The van der Waals surface area contributed by atoms with Gasteiger partial charge in [-0.3, -0.25) is 4.90 Å². The van der Waals surface area contributed by atoms with Crippen LogP contribution in [0, 0.1) is 6.92 Å². The first-order valence-corrected chi connectivity index (χ1v) is 6.60. The molecule has 0 aromatic heterocycles. The molecule has 1 aromatic rings. The molecular formula is C15H26N2. The fourth-order valence-electron chi connectivity index (χ4n) is 2.11. The van der Waals surface area contributed by atoms with E-state index in [2.05, 4.69) is 56.9 Å². The SMILES string of the molecule is CCCN(CC(N)c1cccc(C)c1)C(C)C. The number of nitrogens with zero attached hydrogens (tertiary/aromatic N) is 1. The fraction of sp³-hybridized carbons (Fsp3) is 0.600. The lowest BCUT2D eigenvalue weighted by Crippen LogP contribution is -2.37. The minimum absolute atomic E-state index is 0.115. The summed E-state index contributed by atoms with van der Waals surface area (Å²) in [6, 6.07) is 9.19. The zero-order valence-electron chi connectivity index (χ0n) is 11.6. The zero-order chi connectivity index (χ0) is 12.8. The van der Waals surface area contributed by atoms with E-state index in [1.54, 1.807) is 0 Å². The number of hydrogen-bond donors (Lipinski definition) is 1. The first-order chi connectivity index (χ1) is 8.04. The third-order valence-corrected chi connectivity index (χ3v) is 3.14. The summed E-state index contributed by atoms with van der Waals surface area (Å²) in [7, 11) is 0. The number of aryl methyl sites for hydroxylation is 1. The lowest BCUT2D eigenvalue weighted by atomic mass is 10.0. The Morgan fingerprint density at radius 3 is 2.53 bits per heavy atom. The predicted octanol–water partition coefficient (Wildman–Crippen LogP) is 3.12. The third-order valence-electron chi connectivity index (χ3n) is 3.14. The molecule has 0 amide bonds. The van der Waals surface area contributed by atoms with Crippen LogP contribution in [0.2, 0.25) is 0 Å². The molecule has 2 N–H and O–H groups in total. The van der Waals surface area contributed by atoms with Crippen molar-refractivity contribution in [3.63, 3.8) is 0 Å². The Kier molecular flexibility index (Phi) is 5.66. The summed E-state index contributed by atoms with van der Waals surface area (Å²) >= 11 is 0. The van der Waals surface area contributed by atoms with Gasteiger partial charge < -0.3 is 5.73 Å². The van der Waals surface area contributed by atoms with Gasteiger partial charge in [0.15, 0.2) is 0 Å². The Morgan fingerprint density at radius 1 is 1.29 bits per heavy atom. The van der Waals surface area contributed by atoms with Crippen molar-refractivity contribution < 1.29 is 0 Å². The van der Waals surface area contributed by atoms with Crippen molar-refractivity contribution >= 4 is 0 Å². The average Bonchev–Trinajstić information content (AvgIpc) is 2.28. The van der Waals surface area contributed by atoms with Crippen molar-refractivity contribution in [1.29, 1.82) is 0 Å². The van der Waals surface area contributed by atoms with E-state index >= 15 is 0 Å². The van der Waals surface area contributed by atoms with Gasteiger partial charge in [0, 0.05) is 18.6 Å². The molecule has 0 saturated heterocycles. The Morgan fingerprint density at radius 2 is 2.00 bits per heavy atom. The van der Waals surface area contributed by atoms with E-state index in [9.17, 15) is 0 Å². The highest BCUT2D eigenvalue weighted by Gasteiger charge is 2.14. The molecule has 0 fully saturated rings. The summed E-state index contributed by atoms with van der Waals surface area (Å²) in [5.74, 6) is 0. The van der Waals surface area contributed by atoms with Crippen LogP contribution in [0.1, 0.15) is 44.4 Å². The molecule has 0 bridgehead atoms. The highest BCUT2D eigenvalue weighted by molar-refractivity contribution is 5.25. The smallest absolute Gasteiger partial charge is 0.0424 e. The van der Waals surface area contributed by atoms with Crippen molar-refractivity contribution in [1.82, 2.24) is 4.90 Å². The van der Waals surface area contributed by atoms with Gasteiger partial charge in [0.05, 0.1) is 0 Å². The van der Waals surface area contributed by atoms with E-state index in [0.29, 0.717) is 6.04 Å². The monoisotopic (exact) mass is 234 g/mol. The number of hydrogen-bond acceptors (Lipinski definition) is 2. The average molecular weight is 234 g/mol. The molecule has 0 aliphatic heterocycles. The first-order valence-electron chi connectivity index (χ1n) is 6.60. The molecule has 0 aliphatic carbocycles. The van der Waals surface area contributed by atoms with Crippen LogP contribution in [0.15, 0.2) is 24.3 Å². The Balaban J connectivity index is 2.66. The van der Waals surface area contributed by atoms with Gasteiger partial charge >= 0.3 is 0 Å². The second kappa shape index (κ2) is 6.77. The number of benzene rings is 1. The van der Waals surface area contributed by atoms with Crippen molar-refractivity contribution in [2.24, 2.45) is 5.73 Å². The summed E-state index contributed by atoms with van der Waals surface area (Å²) in [5.41, 5.74) is 8.82. The van der Waals surface area contributed by atoms with Gasteiger partial charge in [-0.1, -0.05) is 36.8 Å². The summed E-state index contributed by atoms with van der Waals surface area (Å²) in [5, 5.41) is 0. The van der Waals surface area contributed by atoms with Gasteiger partial charge in [-0.05, 0) is 39.3 Å². The highest BCUT2D eigenvalue weighted by Crippen LogP contribution is 2.15. The Bertz CT molecular complexity index is 333. The van der Waals surface area contributed by atoms with Crippen LogP contribution in [0.25, 0.3) is 0 Å². The topological polar surface area (TPSA) is 29.3 Å². The van der Waals surface area contributed by atoms with Crippen molar-refractivity contribution in [2.75, 3.05) is 13.1 Å². The molecule has 1 rings (SSSR count). The number of nitrogens with two attached hydrogens (primary N) is 1. The molecule has 1 atom stereocenters. The maximum absolute atomic E-state index is 6.29. The van der Waals surface area contributed by atoms with Crippen molar-refractivity contribution in [3.8, 4) is 0 Å². The van der Waals surface area contributed by atoms with E-state index in [4.69, 9.17) is 5.73 Å². The molecule has 0 radical (unpaired) electrons. The van der Waals surface area contributed by atoms with Gasteiger partial charge in [0.25, 0.3) is 0 Å². The summed E-state index contributed by atoms with van der Waals surface area (Å²) in [4.78, 5) is 2.45. The molecule has 17 heavy (non-hydrogen) atoms. The maximum Gasteiger partial charge on any atom is 0.0424 e. The molecule has 96 valence electrons. The summed E-state index contributed by atoms with van der Waals surface area (Å²) < 4.78 is 0. The van der Waals surface area contributed by atoms with Gasteiger partial charge in [-0.2, -0.15) is 0 Å². The van der Waals surface area contributed by atoms with Crippen LogP contribution >= 0.6 is 0 Å². The van der Waals surface area contributed by atoms with Crippen LogP contribution in [0.3, 0.4) is 0 Å². The van der Waals surface area contributed by atoms with Gasteiger partial charge in [-0.15, -0.1) is 0 Å². The molecule has 0 aliphatic rings. The number of rotatable bonds is 6. The van der Waals surface area contributed by atoms with Gasteiger partial charge in [0.2, 0.25) is 0 Å². The van der Waals surface area contributed by atoms with E-state index in [-0.39, 0.29) is 6.04 Å². The molecule has 2 heteroatoms. The lowest BCUT2D eigenvalue weighted by molar-refractivity contribution is 0.209. The quantitative estimate of drug-likeness (QED) is 0.819. The van der Waals surface area contributed by atoms with Crippen molar-refractivity contribution in [3.05, 3.63) is 35.4 Å². The van der Waals surface area contributed by atoms with Crippen LogP contribution in [-0.2, 0) is 0 Å². The predicted molar refractivity (Wildman–Crippen MR) is 75.1 cm³/mol. The van der Waals surface area contributed by atoms with Crippen LogP contribution in [0.4, 0.5) is 0 Å². The summed E-state index contributed by atoms with van der Waals surface area (Å²) in [6.07, 6.45) is 1.18. The zero-order valence-corrected chi connectivity index (χ0v) is 11.6. The van der Waals surface area contributed by atoms with E-state index in [1.807, 2.05) is 0 Å². The highest BCUT2D eigenvalue weighted by atomic mass is 15.2. The minimum atomic E-state index is 0.115. The largest absolute Gasteiger partial charge is 0.323 e. The Hall–Kier alpha value is -0.860. The molecule has 2 nitrogen and oxygen atoms in total. The van der Waals surface area contributed by atoms with Crippen LogP contribution in [-0.4, -0.2) is 24.0 Å². The van der Waals surface area contributed by atoms with Crippen LogP contribution < -0.4 is 5.73 Å². The van der Waals surface area contributed by atoms with E-state index in [1.165, 1.54) is 17.5 Å². The van der Waals surface area contributed by atoms with E-state index < -0.39 is 0 Å². The standard InChI is InChI=1S/C15H26N2/c1-5-9-17(12(2)3)11-15(16)14-8-6-7-13(4)10-14/h6-8,10,12,15H,5,9,11,16H2,1-4H3. The second-order valence-corrected chi connectivity index (χ2v) is 5.11. The van der Waals surface area contributed by atoms with E-state index in [0.717, 1.165) is 13.1 Å². The minimum Gasteiger partial charge on any atom is -0.323 e. The molecule has 1 unspecified atom stereocenters. The Labute approximate surface area is 106 Å². The maximum atomic E-state index is 6.29.